The predicted molar refractivity (Wildman–Crippen MR) is 62.6 cm³/mol. The van der Waals surface area contributed by atoms with Crippen molar-refractivity contribution in [1.29, 1.82) is 0 Å². The summed E-state index contributed by atoms with van der Waals surface area (Å²) in [5.74, 6) is -0.180. The van der Waals surface area contributed by atoms with Gasteiger partial charge in [0.25, 0.3) is 5.91 Å². The summed E-state index contributed by atoms with van der Waals surface area (Å²) in [7, 11) is 0. The number of hydrogen-bond acceptors (Lipinski definition) is 4. The van der Waals surface area contributed by atoms with Gasteiger partial charge in [-0.1, -0.05) is 18.2 Å². The van der Waals surface area contributed by atoms with Gasteiger partial charge in [0.1, 0.15) is 0 Å². The largest absolute Gasteiger partial charge is 0.389 e. The predicted octanol–water partition coefficient (Wildman–Crippen LogP) is -0.890. The summed E-state index contributed by atoms with van der Waals surface area (Å²) in [4.78, 5) is 11.7. The van der Waals surface area contributed by atoms with E-state index in [2.05, 4.69) is 10.6 Å². The molecule has 0 spiro atoms. The van der Waals surface area contributed by atoms with E-state index >= 15 is 0 Å². The van der Waals surface area contributed by atoms with Crippen molar-refractivity contribution in [2.45, 2.75) is 18.2 Å². The van der Waals surface area contributed by atoms with Crippen molar-refractivity contribution in [3.05, 3.63) is 35.9 Å². The number of β-amino-alcohol motifs (C(OH)–C–C–N with tert-alkyl or cyclic N) is 1. The van der Waals surface area contributed by atoms with Crippen molar-refractivity contribution in [3.8, 4) is 0 Å². The zero-order chi connectivity index (χ0) is 12.3. The minimum Gasteiger partial charge on any atom is -0.389 e. The summed E-state index contributed by atoms with van der Waals surface area (Å²) in [5, 5.41) is 24.6. The number of hydrogen-bond donors (Lipinski definition) is 4. The van der Waals surface area contributed by atoms with Crippen LogP contribution in [0.2, 0.25) is 0 Å². The molecule has 1 aromatic rings. The van der Waals surface area contributed by atoms with Crippen LogP contribution in [0.5, 0.6) is 0 Å². The van der Waals surface area contributed by atoms with Crippen LogP contribution in [0.4, 0.5) is 0 Å². The molecule has 0 saturated carbocycles. The molecule has 1 aliphatic heterocycles. The first-order valence-corrected chi connectivity index (χ1v) is 5.61. The average Bonchev–Trinajstić information content (AvgIpc) is 2.68. The molecule has 92 valence electrons. The summed E-state index contributed by atoms with van der Waals surface area (Å²) < 4.78 is 0. The molecular weight excluding hydrogens is 220 g/mol. The van der Waals surface area contributed by atoms with E-state index in [0.29, 0.717) is 18.7 Å². The van der Waals surface area contributed by atoms with Gasteiger partial charge < -0.3 is 20.8 Å². The van der Waals surface area contributed by atoms with Gasteiger partial charge in [0, 0.05) is 18.7 Å². The Bertz CT molecular complexity index is 383. The Balaban J connectivity index is 1.85. The molecule has 1 amide bonds. The van der Waals surface area contributed by atoms with E-state index in [9.17, 15) is 15.0 Å². The SMILES string of the molecule is O=C(NC[C@@H]1NC[C@@H](O)[C@H]1O)c1ccccc1. The Labute approximate surface area is 99.5 Å². The van der Waals surface area contributed by atoms with Crippen LogP contribution in [0.1, 0.15) is 10.4 Å². The number of nitrogens with one attached hydrogen (secondary N) is 2. The fourth-order valence-electron chi connectivity index (χ4n) is 1.87. The van der Waals surface area contributed by atoms with Crippen LogP contribution in [0.15, 0.2) is 30.3 Å². The van der Waals surface area contributed by atoms with Crippen LogP contribution in [0, 0.1) is 0 Å². The highest BCUT2D eigenvalue weighted by Gasteiger charge is 2.32. The lowest BCUT2D eigenvalue weighted by Crippen LogP contribution is -2.43. The molecule has 0 bridgehead atoms. The summed E-state index contributed by atoms with van der Waals surface area (Å²) in [6.07, 6.45) is -1.58. The number of carbonyl (C=O) groups is 1. The fraction of sp³-hybridized carbons (Fsp3) is 0.417. The quantitative estimate of drug-likeness (QED) is 0.549. The first kappa shape index (κ1) is 12.0. The minimum atomic E-state index is -0.828. The topological polar surface area (TPSA) is 81.6 Å². The number of rotatable bonds is 3. The molecule has 17 heavy (non-hydrogen) atoms. The molecule has 1 saturated heterocycles. The van der Waals surface area contributed by atoms with E-state index in [-0.39, 0.29) is 11.9 Å². The lowest BCUT2D eigenvalue weighted by atomic mass is 10.1. The number of carbonyl (C=O) groups excluding carboxylic acids is 1. The van der Waals surface area contributed by atoms with E-state index in [4.69, 9.17) is 0 Å². The van der Waals surface area contributed by atoms with Crippen molar-refractivity contribution in [1.82, 2.24) is 10.6 Å². The Morgan fingerprint density at radius 1 is 1.35 bits per heavy atom. The molecule has 5 nitrogen and oxygen atoms in total. The van der Waals surface area contributed by atoms with Crippen molar-refractivity contribution < 1.29 is 15.0 Å². The first-order chi connectivity index (χ1) is 8.18. The molecule has 0 aromatic heterocycles. The van der Waals surface area contributed by atoms with Crippen LogP contribution < -0.4 is 10.6 Å². The van der Waals surface area contributed by atoms with Gasteiger partial charge in [0.2, 0.25) is 0 Å². The summed E-state index contributed by atoms with van der Waals surface area (Å²) >= 11 is 0. The Kier molecular flexibility index (Phi) is 3.73. The molecule has 0 aliphatic carbocycles. The monoisotopic (exact) mass is 236 g/mol. The molecule has 1 aromatic carbocycles. The second kappa shape index (κ2) is 5.27. The third-order valence-electron chi connectivity index (χ3n) is 2.91. The highest BCUT2D eigenvalue weighted by molar-refractivity contribution is 5.94. The van der Waals surface area contributed by atoms with E-state index in [1.807, 2.05) is 6.07 Å². The molecule has 4 N–H and O–H groups in total. The average molecular weight is 236 g/mol. The lowest BCUT2D eigenvalue weighted by Gasteiger charge is -2.16. The molecule has 1 fully saturated rings. The van der Waals surface area contributed by atoms with Gasteiger partial charge in [-0.05, 0) is 12.1 Å². The standard InChI is InChI=1S/C12H16N2O3/c15-10-7-13-9(11(10)16)6-14-12(17)8-4-2-1-3-5-8/h1-5,9-11,13,15-16H,6-7H2,(H,14,17)/t9-,10+,11-/m0/s1. The maximum Gasteiger partial charge on any atom is 0.251 e. The normalized spacial score (nSPS) is 28.0. The molecule has 2 rings (SSSR count). The van der Waals surface area contributed by atoms with Crippen molar-refractivity contribution >= 4 is 5.91 Å². The highest BCUT2D eigenvalue weighted by Crippen LogP contribution is 2.07. The first-order valence-electron chi connectivity index (χ1n) is 5.61. The summed E-state index contributed by atoms with van der Waals surface area (Å²) in [6, 6.07) is 8.58. The van der Waals surface area contributed by atoms with Crippen molar-refractivity contribution in [2.24, 2.45) is 0 Å². The second-order valence-electron chi connectivity index (χ2n) is 4.15. The smallest absolute Gasteiger partial charge is 0.251 e. The number of aliphatic hydroxyl groups is 2. The molecule has 1 aliphatic rings. The third kappa shape index (κ3) is 2.82. The minimum absolute atomic E-state index is 0.180. The zero-order valence-corrected chi connectivity index (χ0v) is 9.34. The van der Waals surface area contributed by atoms with E-state index in [1.165, 1.54) is 0 Å². The molecule has 3 atom stereocenters. The Morgan fingerprint density at radius 3 is 2.65 bits per heavy atom. The van der Waals surface area contributed by atoms with Crippen molar-refractivity contribution in [2.75, 3.05) is 13.1 Å². The third-order valence-corrected chi connectivity index (χ3v) is 2.91. The number of aliphatic hydroxyl groups excluding tert-OH is 2. The van der Waals surface area contributed by atoms with Gasteiger partial charge in [0.15, 0.2) is 0 Å². The molecule has 0 unspecified atom stereocenters. The van der Waals surface area contributed by atoms with Crippen LogP contribution in [0.3, 0.4) is 0 Å². The summed E-state index contributed by atoms with van der Waals surface area (Å²) in [5.41, 5.74) is 0.584. The summed E-state index contributed by atoms with van der Waals surface area (Å²) in [6.45, 7) is 0.652. The lowest BCUT2D eigenvalue weighted by molar-refractivity contribution is 0.0404. The van der Waals surface area contributed by atoms with Crippen LogP contribution in [-0.2, 0) is 0 Å². The Morgan fingerprint density at radius 2 is 2.06 bits per heavy atom. The van der Waals surface area contributed by atoms with Gasteiger partial charge in [0.05, 0.1) is 18.2 Å². The van der Waals surface area contributed by atoms with E-state index in [0.717, 1.165) is 0 Å². The fourth-order valence-corrected chi connectivity index (χ4v) is 1.87. The van der Waals surface area contributed by atoms with E-state index in [1.54, 1.807) is 24.3 Å². The molecular formula is C12H16N2O3. The van der Waals surface area contributed by atoms with Crippen molar-refractivity contribution in [3.63, 3.8) is 0 Å². The van der Waals surface area contributed by atoms with Crippen LogP contribution >= 0.6 is 0 Å². The highest BCUT2D eigenvalue weighted by atomic mass is 16.3. The van der Waals surface area contributed by atoms with Gasteiger partial charge in [-0.15, -0.1) is 0 Å². The van der Waals surface area contributed by atoms with Gasteiger partial charge >= 0.3 is 0 Å². The van der Waals surface area contributed by atoms with Crippen LogP contribution in [-0.4, -0.2) is 47.5 Å². The van der Waals surface area contributed by atoms with Gasteiger partial charge in [-0.25, -0.2) is 0 Å². The van der Waals surface area contributed by atoms with E-state index < -0.39 is 12.2 Å². The maximum absolute atomic E-state index is 11.7. The zero-order valence-electron chi connectivity index (χ0n) is 9.34. The molecule has 5 heteroatoms. The molecule has 1 heterocycles. The maximum atomic E-state index is 11.7. The molecule has 0 radical (unpaired) electrons. The number of benzene rings is 1. The van der Waals surface area contributed by atoms with Crippen LogP contribution in [0.25, 0.3) is 0 Å². The Hall–Kier alpha value is -1.43. The van der Waals surface area contributed by atoms with Gasteiger partial charge in [-0.3, -0.25) is 4.79 Å². The van der Waals surface area contributed by atoms with Gasteiger partial charge in [-0.2, -0.15) is 0 Å². The number of amides is 1. The second-order valence-corrected chi connectivity index (χ2v) is 4.15.